The normalized spacial score (nSPS) is 13.2. The maximum Gasteiger partial charge on any atom is 0.0943 e. The molecule has 0 unspecified atom stereocenters. The Morgan fingerprint density at radius 2 is 1.49 bits per heavy atom. The van der Waals surface area contributed by atoms with Crippen LogP contribution in [-0.2, 0) is 12.8 Å². The molecule has 0 aliphatic heterocycles. The van der Waals surface area contributed by atoms with Gasteiger partial charge in [0, 0.05) is 52.5 Å². The van der Waals surface area contributed by atoms with Gasteiger partial charge in [-0.25, -0.2) is 15.0 Å². The predicted molar refractivity (Wildman–Crippen MR) is 230 cm³/mol. The van der Waals surface area contributed by atoms with E-state index < -0.39 is 0 Å². The molecule has 0 saturated heterocycles. The molecular weight excluding hydrogens is 671 g/mol. The van der Waals surface area contributed by atoms with E-state index in [-0.39, 0.29) is 0 Å². The fraction of sp³-hybridized carbons (Fsp3) is 0.120. The maximum atomic E-state index is 5.76. The van der Waals surface area contributed by atoms with Crippen LogP contribution in [0.3, 0.4) is 0 Å². The van der Waals surface area contributed by atoms with Crippen LogP contribution < -0.4 is 15.9 Å². The number of hydrogen-bond donors (Lipinski definition) is 1. The number of anilines is 1. The van der Waals surface area contributed by atoms with Crippen LogP contribution >= 0.6 is 0 Å². The van der Waals surface area contributed by atoms with Gasteiger partial charge in [-0.15, -0.1) is 6.42 Å². The second kappa shape index (κ2) is 14.2. The molecule has 0 amide bonds. The zero-order valence-electron chi connectivity index (χ0n) is 31.2. The van der Waals surface area contributed by atoms with Gasteiger partial charge in [-0.1, -0.05) is 90.9 Å². The van der Waals surface area contributed by atoms with Crippen molar-refractivity contribution in [1.82, 2.24) is 19.9 Å². The lowest BCUT2D eigenvalue weighted by atomic mass is 9.94. The summed E-state index contributed by atoms with van der Waals surface area (Å²) in [5.41, 5.74) is 14.9. The van der Waals surface area contributed by atoms with Gasteiger partial charge in [-0.2, -0.15) is 0 Å². The van der Waals surface area contributed by atoms with Crippen molar-refractivity contribution in [3.8, 4) is 46.1 Å². The van der Waals surface area contributed by atoms with E-state index in [1.54, 1.807) is 6.08 Å². The van der Waals surface area contributed by atoms with Gasteiger partial charge in [-0.05, 0) is 108 Å². The molecule has 4 aromatic carbocycles. The number of nitrogens with one attached hydrogen (secondary N) is 1. The fourth-order valence-electron chi connectivity index (χ4n) is 7.90. The van der Waals surface area contributed by atoms with E-state index in [1.165, 1.54) is 22.3 Å². The molecule has 5 heteroatoms. The molecule has 5 nitrogen and oxygen atoms in total. The van der Waals surface area contributed by atoms with E-state index in [1.807, 2.05) is 13.2 Å². The topological polar surface area (TPSA) is 63.6 Å². The molecule has 1 N–H and O–H groups in total. The van der Waals surface area contributed by atoms with E-state index >= 15 is 0 Å². The number of benzene rings is 4. The molecule has 264 valence electrons. The summed E-state index contributed by atoms with van der Waals surface area (Å²) in [7, 11) is 1.96. The number of terminal acetylenes is 1. The van der Waals surface area contributed by atoms with Crippen molar-refractivity contribution in [3.05, 3.63) is 154 Å². The summed E-state index contributed by atoms with van der Waals surface area (Å²) >= 11 is 0. The van der Waals surface area contributed by atoms with E-state index in [9.17, 15) is 0 Å². The van der Waals surface area contributed by atoms with Gasteiger partial charge in [0.2, 0.25) is 0 Å². The van der Waals surface area contributed by atoms with E-state index in [4.69, 9.17) is 26.4 Å². The van der Waals surface area contributed by atoms with Crippen LogP contribution in [0, 0.1) is 19.3 Å². The van der Waals surface area contributed by atoms with Crippen molar-refractivity contribution in [2.45, 2.75) is 33.1 Å². The Hall–Kier alpha value is -6.90. The summed E-state index contributed by atoms with van der Waals surface area (Å²) in [6.45, 7) is 4.26. The third kappa shape index (κ3) is 6.32. The first-order valence-electron chi connectivity index (χ1n) is 18.8. The standard InChI is InChI=1S/C50H39N5/c1-5-9-43-34(19-25-45(53-43)37-29-42-31(2)10-8-13-46(42)52-30-37)18-15-33-16-24-44-36(28-33)21-27-47(54-44)40-22-23-41(39-12-7-6-11-38(39)40)48-26-20-35-17-14-32(3)49(51-4)50(35)55-48/h1,6-7,9-12,14,16-30,51H,8,13,15H2,2-4H3/b34-18-,43-9+. The highest BCUT2D eigenvalue weighted by Crippen LogP contribution is 2.37. The molecule has 0 radical (unpaired) electrons. The Morgan fingerprint density at radius 3 is 2.27 bits per heavy atom. The SMILES string of the molecule is C#C/C=c1/nc(-c2cnc3c(c2)C(C)=CCC3)cc/c1=C/Cc1ccc2nc(-c3ccc(-c4ccc5ccc(C)c(NC)c5n4)c4ccccc34)ccc2c1. The quantitative estimate of drug-likeness (QED) is 0.174. The molecule has 9 rings (SSSR count). The zero-order chi connectivity index (χ0) is 37.5. The van der Waals surface area contributed by atoms with Crippen molar-refractivity contribution in [2.75, 3.05) is 12.4 Å². The van der Waals surface area contributed by atoms with Gasteiger partial charge in [0.15, 0.2) is 0 Å². The fourth-order valence-corrected chi connectivity index (χ4v) is 7.90. The molecule has 8 aromatic rings. The third-order valence-electron chi connectivity index (χ3n) is 10.8. The summed E-state index contributed by atoms with van der Waals surface area (Å²) in [6.07, 6.45) is 16.7. The zero-order valence-corrected chi connectivity index (χ0v) is 31.2. The molecule has 0 spiro atoms. The highest BCUT2D eigenvalue weighted by molar-refractivity contribution is 6.05. The minimum atomic E-state index is 0.735. The summed E-state index contributed by atoms with van der Waals surface area (Å²) in [6, 6.07) is 38.6. The lowest BCUT2D eigenvalue weighted by Crippen LogP contribution is -2.28. The van der Waals surface area contributed by atoms with E-state index in [2.05, 4.69) is 146 Å². The Kier molecular flexibility index (Phi) is 8.72. The van der Waals surface area contributed by atoms with Gasteiger partial charge >= 0.3 is 0 Å². The first-order chi connectivity index (χ1) is 27.0. The molecule has 55 heavy (non-hydrogen) atoms. The van der Waals surface area contributed by atoms with Crippen LogP contribution in [0.25, 0.3) is 84.1 Å². The molecule has 1 aliphatic rings. The second-order valence-corrected chi connectivity index (χ2v) is 14.2. The number of aryl methyl sites for hydroxylation is 2. The van der Waals surface area contributed by atoms with Crippen molar-refractivity contribution >= 4 is 56.0 Å². The third-order valence-corrected chi connectivity index (χ3v) is 10.8. The molecular formula is C50H39N5. The number of allylic oxidation sites excluding steroid dienone is 2. The Labute approximate surface area is 320 Å². The van der Waals surface area contributed by atoms with Crippen LogP contribution in [-0.4, -0.2) is 27.0 Å². The first kappa shape index (κ1) is 33.9. The molecule has 0 atom stereocenters. The number of pyridine rings is 4. The minimum absolute atomic E-state index is 0.735. The highest BCUT2D eigenvalue weighted by atomic mass is 14.9. The molecule has 0 bridgehead atoms. The molecule has 0 fully saturated rings. The van der Waals surface area contributed by atoms with Gasteiger partial charge in [0.1, 0.15) is 0 Å². The number of fused-ring (bicyclic) bond motifs is 4. The number of aromatic nitrogens is 4. The smallest absolute Gasteiger partial charge is 0.0943 e. The van der Waals surface area contributed by atoms with Gasteiger partial charge in [0.05, 0.1) is 39.2 Å². The number of rotatable bonds is 6. The minimum Gasteiger partial charge on any atom is -0.386 e. The van der Waals surface area contributed by atoms with Crippen molar-refractivity contribution < 1.29 is 0 Å². The Balaban J connectivity index is 1.01. The predicted octanol–water partition coefficient (Wildman–Crippen LogP) is 9.86. The van der Waals surface area contributed by atoms with Gasteiger partial charge < -0.3 is 5.32 Å². The van der Waals surface area contributed by atoms with Crippen LogP contribution in [0.1, 0.15) is 35.7 Å². The Bertz CT molecular complexity index is 3040. The van der Waals surface area contributed by atoms with Crippen LogP contribution in [0.4, 0.5) is 5.69 Å². The van der Waals surface area contributed by atoms with Crippen molar-refractivity contribution in [3.63, 3.8) is 0 Å². The number of hydrogen-bond acceptors (Lipinski definition) is 5. The molecule has 4 heterocycles. The van der Waals surface area contributed by atoms with Crippen molar-refractivity contribution in [1.29, 1.82) is 0 Å². The summed E-state index contributed by atoms with van der Waals surface area (Å²) < 4.78 is 0. The van der Waals surface area contributed by atoms with Gasteiger partial charge in [-0.3, -0.25) is 4.98 Å². The summed E-state index contributed by atoms with van der Waals surface area (Å²) in [4.78, 5) is 20.1. The lowest BCUT2D eigenvalue weighted by Gasteiger charge is -2.15. The van der Waals surface area contributed by atoms with Crippen LogP contribution in [0.15, 0.2) is 121 Å². The van der Waals surface area contributed by atoms with Crippen LogP contribution in [0.2, 0.25) is 0 Å². The monoisotopic (exact) mass is 709 g/mol. The summed E-state index contributed by atoms with van der Waals surface area (Å²) in [5, 5.41) is 9.65. The highest BCUT2D eigenvalue weighted by Gasteiger charge is 2.15. The van der Waals surface area contributed by atoms with Crippen LogP contribution in [0.5, 0.6) is 0 Å². The Morgan fingerprint density at radius 1 is 0.745 bits per heavy atom. The van der Waals surface area contributed by atoms with E-state index in [0.29, 0.717) is 0 Å². The maximum absolute atomic E-state index is 5.76. The largest absolute Gasteiger partial charge is 0.386 e. The van der Waals surface area contributed by atoms with E-state index in [0.717, 1.165) is 108 Å². The number of nitrogens with zero attached hydrogens (tertiary/aromatic N) is 4. The van der Waals surface area contributed by atoms with Gasteiger partial charge in [0.25, 0.3) is 0 Å². The average molecular weight is 710 g/mol. The molecule has 1 aliphatic carbocycles. The molecule has 0 saturated carbocycles. The lowest BCUT2D eigenvalue weighted by molar-refractivity contribution is 0.918. The molecule has 4 aromatic heterocycles. The summed E-state index contributed by atoms with van der Waals surface area (Å²) in [5.74, 6) is 2.69. The first-order valence-corrected chi connectivity index (χ1v) is 18.8. The second-order valence-electron chi connectivity index (χ2n) is 14.2. The van der Waals surface area contributed by atoms with Crippen molar-refractivity contribution in [2.24, 2.45) is 0 Å². The average Bonchev–Trinajstić information content (AvgIpc) is 3.22.